The first-order valence-corrected chi connectivity index (χ1v) is 8.42. The number of aromatic amines is 1. The number of aromatic nitrogens is 4. The molecule has 2 aromatic rings. The Morgan fingerprint density at radius 1 is 1.18 bits per heavy atom. The van der Waals surface area contributed by atoms with Crippen LogP contribution in [0.1, 0.15) is 67.9 Å². The monoisotopic (exact) mass is 301 g/mol. The van der Waals surface area contributed by atoms with E-state index in [9.17, 15) is 0 Å². The zero-order valence-electron chi connectivity index (χ0n) is 12.9. The van der Waals surface area contributed by atoms with Gasteiger partial charge < -0.3 is 9.51 Å². The molecular formula is C16H23N5O. The third-order valence-corrected chi connectivity index (χ3v) is 4.96. The molecule has 6 nitrogen and oxygen atoms in total. The molecule has 1 saturated carbocycles. The number of hydrogen-bond donors (Lipinski definition) is 1. The van der Waals surface area contributed by atoms with E-state index in [1.807, 2.05) is 12.4 Å². The number of H-pyrrole nitrogens is 1. The van der Waals surface area contributed by atoms with E-state index in [1.165, 1.54) is 38.5 Å². The summed E-state index contributed by atoms with van der Waals surface area (Å²) in [5, 5.41) is 4.19. The van der Waals surface area contributed by atoms with Gasteiger partial charge in [0.25, 0.3) is 0 Å². The molecule has 3 heterocycles. The quantitative estimate of drug-likeness (QED) is 0.940. The normalized spacial score (nSPS) is 24.1. The van der Waals surface area contributed by atoms with Crippen LogP contribution in [-0.4, -0.2) is 38.1 Å². The Hall–Kier alpha value is -1.69. The van der Waals surface area contributed by atoms with Crippen LogP contribution in [0.5, 0.6) is 0 Å². The van der Waals surface area contributed by atoms with Crippen molar-refractivity contribution < 1.29 is 4.52 Å². The molecule has 1 aliphatic carbocycles. The lowest BCUT2D eigenvalue weighted by Gasteiger charge is -2.30. The zero-order valence-corrected chi connectivity index (χ0v) is 12.9. The summed E-state index contributed by atoms with van der Waals surface area (Å²) >= 11 is 0. The maximum Gasteiger partial charge on any atom is 0.229 e. The average Bonchev–Trinajstić information content (AvgIpc) is 3.29. The second-order valence-corrected chi connectivity index (χ2v) is 6.58. The van der Waals surface area contributed by atoms with Crippen LogP contribution in [0.3, 0.4) is 0 Å². The summed E-state index contributed by atoms with van der Waals surface area (Å²) in [7, 11) is 0. The largest absolute Gasteiger partial charge is 0.348 e. The van der Waals surface area contributed by atoms with Gasteiger partial charge in [0.1, 0.15) is 5.82 Å². The Balaban J connectivity index is 1.38. The predicted octanol–water partition coefficient (Wildman–Crippen LogP) is 2.83. The van der Waals surface area contributed by atoms with Gasteiger partial charge in [0, 0.05) is 30.8 Å². The fourth-order valence-electron chi connectivity index (χ4n) is 3.79. The van der Waals surface area contributed by atoms with Crippen LogP contribution in [0.2, 0.25) is 0 Å². The van der Waals surface area contributed by atoms with Crippen molar-refractivity contribution in [2.45, 2.75) is 56.9 Å². The SMILES string of the molecule is c1c[nH]c([C@H]2CCCN(Cc3noc(C4CCCC4)n3)C2)n1. The molecular weight excluding hydrogens is 278 g/mol. The van der Waals surface area contributed by atoms with Crippen molar-refractivity contribution in [1.82, 2.24) is 25.0 Å². The minimum atomic E-state index is 0.491. The number of nitrogens with zero attached hydrogens (tertiary/aromatic N) is 4. The maximum atomic E-state index is 5.48. The molecule has 22 heavy (non-hydrogen) atoms. The molecule has 2 aliphatic rings. The fourth-order valence-corrected chi connectivity index (χ4v) is 3.79. The minimum Gasteiger partial charge on any atom is -0.348 e. The van der Waals surface area contributed by atoms with Gasteiger partial charge >= 0.3 is 0 Å². The molecule has 1 saturated heterocycles. The molecule has 1 N–H and O–H groups in total. The van der Waals surface area contributed by atoms with Crippen LogP contribution in [0.4, 0.5) is 0 Å². The highest BCUT2D eigenvalue weighted by molar-refractivity contribution is 5.01. The number of imidazole rings is 1. The van der Waals surface area contributed by atoms with Gasteiger partial charge in [0.05, 0.1) is 6.54 Å². The van der Waals surface area contributed by atoms with Gasteiger partial charge in [-0.3, -0.25) is 4.90 Å². The molecule has 0 unspecified atom stereocenters. The topological polar surface area (TPSA) is 70.8 Å². The van der Waals surface area contributed by atoms with Crippen molar-refractivity contribution in [2.24, 2.45) is 0 Å². The number of nitrogens with one attached hydrogen (secondary N) is 1. The standard InChI is InChI=1S/C16H23N5O/c1-2-5-12(4-1)16-19-14(20-22-16)11-21-9-3-6-13(10-21)15-17-7-8-18-15/h7-8,12-13H,1-6,9-11H2,(H,17,18)/t13-/m0/s1. The molecule has 1 aliphatic heterocycles. The van der Waals surface area contributed by atoms with Crippen molar-refractivity contribution in [3.8, 4) is 0 Å². The van der Waals surface area contributed by atoms with Crippen LogP contribution in [0, 0.1) is 0 Å². The number of likely N-dealkylation sites (tertiary alicyclic amines) is 1. The lowest BCUT2D eigenvalue weighted by Crippen LogP contribution is -2.34. The van der Waals surface area contributed by atoms with Crippen molar-refractivity contribution in [2.75, 3.05) is 13.1 Å². The fraction of sp³-hybridized carbons (Fsp3) is 0.688. The molecule has 2 fully saturated rings. The molecule has 0 spiro atoms. The summed E-state index contributed by atoms with van der Waals surface area (Å²) in [5.41, 5.74) is 0. The van der Waals surface area contributed by atoms with Crippen LogP contribution < -0.4 is 0 Å². The molecule has 6 heteroatoms. The summed E-state index contributed by atoms with van der Waals surface area (Å²) in [6.45, 7) is 2.90. The van der Waals surface area contributed by atoms with E-state index in [-0.39, 0.29) is 0 Å². The second kappa shape index (κ2) is 6.20. The molecule has 0 aromatic carbocycles. The first kappa shape index (κ1) is 13.9. The van der Waals surface area contributed by atoms with Gasteiger partial charge in [-0.15, -0.1) is 0 Å². The van der Waals surface area contributed by atoms with Crippen molar-refractivity contribution in [3.05, 3.63) is 29.9 Å². The van der Waals surface area contributed by atoms with E-state index >= 15 is 0 Å². The number of hydrogen-bond acceptors (Lipinski definition) is 5. The zero-order chi connectivity index (χ0) is 14.8. The predicted molar refractivity (Wildman–Crippen MR) is 81.3 cm³/mol. The second-order valence-electron chi connectivity index (χ2n) is 6.58. The van der Waals surface area contributed by atoms with Crippen LogP contribution in [0.15, 0.2) is 16.9 Å². The Bertz CT molecular complexity index is 587. The Kier molecular flexibility index (Phi) is 3.93. The van der Waals surface area contributed by atoms with Crippen LogP contribution in [-0.2, 0) is 6.54 Å². The molecule has 4 rings (SSSR count). The van der Waals surface area contributed by atoms with Gasteiger partial charge in [-0.05, 0) is 32.2 Å². The third kappa shape index (κ3) is 2.92. The van der Waals surface area contributed by atoms with E-state index in [2.05, 4.69) is 25.0 Å². The Morgan fingerprint density at radius 2 is 2.05 bits per heavy atom. The number of rotatable bonds is 4. The van der Waals surface area contributed by atoms with E-state index in [0.29, 0.717) is 11.8 Å². The third-order valence-electron chi connectivity index (χ3n) is 4.96. The van der Waals surface area contributed by atoms with Crippen LogP contribution in [0.25, 0.3) is 0 Å². The molecule has 0 radical (unpaired) electrons. The molecule has 2 aromatic heterocycles. The smallest absolute Gasteiger partial charge is 0.229 e. The van der Waals surface area contributed by atoms with E-state index in [0.717, 1.165) is 37.2 Å². The van der Waals surface area contributed by atoms with Gasteiger partial charge in [-0.1, -0.05) is 18.0 Å². The van der Waals surface area contributed by atoms with Crippen LogP contribution >= 0.6 is 0 Å². The molecule has 0 bridgehead atoms. The van der Waals surface area contributed by atoms with E-state index in [4.69, 9.17) is 4.52 Å². The maximum absolute atomic E-state index is 5.48. The summed E-state index contributed by atoms with van der Waals surface area (Å²) in [5.74, 6) is 3.78. The average molecular weight is 301 g/mol. The Labute approximate surface area is 130 Å². The summed E-state index contributed by atoms with van der Waals surface area (Å²) in [6, 6.07) is 0. The highest BCUT2D eigenvalue weighted by atomic mass is 16.5. The molecule has 0 amide bonds. The van der Waals surface area contributed by atoms with E-state index in [1.54, 1.807) is 0 Å². The summed E-state index contributed by atoms with van der Waals surface area (Å²) in [6.07, 6.45) is 11.1. The van der Waals surface area contributed by atoms with Crippen molar-refractivity contribution in [3.63, 3.8) is 0 Å². The van der Waals surface area contributed by atoms with Gasteiger partial charge in [0.15, 0.2) is 5.82 Å². The highest BCUT2D eigenvalue weighted by Crippen LogP contribution is 2.33. The lowest BCUT2D eigenvalue weighted by molar-refractivity contribution is 0.190. The summed E-state index contributed by atoms with van der Waals surface area (Å²) < 4.78 is 5.48. The van der Waals surface area contributed by atoms with Gasteiger partial charge in [0.2, 0.25) is 5.89 Å². The summed E-state index contributed by atoms with van der Waals surface area (Å²) in [4.78, 5) is 14.7. The van der Waals surface area contributed by atoms with Gasteiger partial charge in [-0.25, -0.2) is 4.98 Å². The van der Waals surface area contributed by atoms with Crippen molar-refractivity contribution >= 4 is 0 Å². The van der Waals surface area contributed by atoms with E-state index < -0.39 is 0 Å². The minimum absolute atomic E-state index is 0.491. The molecule has 118 valence electrons. The lowest BCUT2D eigenvalue weighted by atomic mass is 9.97. The van der Waals surface area contributed by atoms with Crippen molar-refractivity contribution in [1.29, 1.82) is 0 Å². The first-order chi connectivity index (χ1) is 10.9. The Morgan fingerprint density at radius 3 is 2.86 bits per heavy atom. The number of piperidine rings is 1. The highest BCUT2D eigenvalue weighted by Gasteiger charge is 2.26. The first-order valence-electron chi connectivity index (χ1n) is 8.42. The molecule has 1 atom stereocenters. The van der Waals surface area contributed by atoms with Gasteiger partial charge in [-0.2, -0.15) is 4.98 Å².